The standard InChI is InChI=1S/C15H20N4/c1-11(2)19-13(4)15(17-10-18-19)16-9-14-7-5-6-12(3)8-14/h5-8,10-11H,4,9H2,1-3H3,(H,16,17,18). The highest BCUT2D eigenvalue weighted by molar-refractivity contribution is 6.03. The van der Waals surface area contributed by atoms with Gasteiger partial charge in [0, 0.05) is 6.04 Å². The number of amidine groups is 1. The van der Waals surface area contributed by atoms with Crippen LogP contribution in [-0.2, 0) is 6.54 Å². The van der Waals surface area contributed by atoms with Crippen LogP contribution < -0.4 is 5.43 Å². The molecule has 4 nitrogen and oxygen atoms in total. The molecule has 1 aromatic carbocycles. The van der Waals surface area contributed by atoms with Crippen molar-refractivity contribution in [1.82, 2.24) is 10.4 Å². The molecule has 0 unspecified atom stereocenters. The minimum absolute atomic E-state index is 0.309. The molecule has 19 heavy (non-hydrogen) atoms. The van der Waals surface area contributed by atoms with E-state index in [4.69, 9.17) is 0 Å². The molecule has 0 saturated heterocycles. The smallest absolute Gasteiger partial charge is 0.174 e. The second-order valence-corrected chi connectivity index (χ2v) is 4.93. The van der Waals surface area contributed by atoms with Gasteiger partial charge in [0.25, 0.3) is 0 Å². The van der Waals surface area contributed by atoms with Crippen molar-refractivity contribution in [3.8, 4) is 0 Å². The van der Waals surface area contributed by atoms with E-state index in [-0.39, 0.29) is 0 Å². The van der Waals surface area contributed by atoms with Gasteiger partial charge in [-0.2, -0.15) is 0 Å². The van der Waals surface area contributed by atoms with E-state index in [1.165, 1.54) is 11.1 Å². The van der Waals surface area contributed by atoms with Crippen molar-refractivity contribution >= 4 is 12.2 Å². The number of rotatable bonds is 3. The Morgan fingerprint density at radius 1 is 1.42 bits per heavy atom. The van der Waals surface area contributed by atoms with Crippen molar-refractivity contribution in [2.24, 2.45) is 9.98 Å². The van der Waals surface area contributed by atoms with Crippen molar-refractivity contribution in [2.75, 3.05) is 0 Å². The van der Waals surface area contributed by atoms with Crippen LogP contribution in [0.15, 0.2) is 46.5 Å². The molecule has 1 N–H and O–H groups in total. The van der Waals surface area contributed by atoms with Crippen LogP contribution in [0.1, 0.15) is 25.0 Å². The highest BCUT2D eigenvalue weighted by Gasteiger charge is 2.18. The van der Waals surface area contributed by atoms with Gasteiger partial charge in [0.1, 0.15) is 6.34 Å². The topological polar surface area (TPSA) is 40.0 Å². The number of hydrogen-bond donors (Lipinski definition) is 1. The lowest BCUT2D eigenvalue weighted by molar-refractivity contribution is 0.259. The van der Waals surface area contributed by atoms with E-state index in [0.717, 1.165) is 5.70 Å². The highest BCUT2D eigenvalue weighted by atomic mass is 15.5. The summed E-state index contributed by atoms with van der Waals surface area (Å²) in [5.41, 5.74) is 6.31. The summed E-state index contributed by atoms with van der Waals surface area (Å²) in [6.07, 6.45) is 1.66. The summed E-state index contributed by atoms with van der Waals surface area (Å²) in [5.74, 6) is 0.689. The second-order valence-electron chi connectivity index (χ2n) is 4.93. The molecule has 1 aliphatic heterocycles. The molecule has 0 saturated carbocycles. The van der Waals surface area contributed by atoms with Crippen LogP contribution in [0, 0.1) is 6.92 Å². The van der Waals surface area contributed by atoms with Gasteiger partial charge in [-0.1, -0.05) is 36.4 Å². The Morgan fingerprint density at radius 3 is 2.89 bits per heavy atom. The third-order valence-corrected chi connectivity index (χ3v) is 2.94. The Hall–Kier alpha value is -2.10. The first-order valence-electron chi connectivity index (χ1n) is 6.45. The zero-order valence-corrected chi connectivity index (χ0v) is 11.7. The van der Waals surface area contributed by atoms with E-state index in [1.54, 1.807) is 6.34 Å². The van der Waals surface area contributed by atoms with Gasteiger partial charge in [-0.15, -0.1) is 0 Å². The molecule has 0 spiro atoms. The summed E-state index contributed by atoms with van der Waals surface area (Å²) in [4.78, 5) is 8.80. The fraction of sp³-hybridized carbons (Fsp3) is 0.333. The van der Waals surface area contributed by atoms with Crippen LogP contribution in [-0.4, -0.2) is 23.2 Å². The molecule has 100 valence electrons. The number of nitrogens with one attached hydrogen (secondary N) is 1. The van der Waals surface area contributed by atoms with E-state index in [9.17, 15) is 0 Å². The molecule has 4 heteroatoms. The van der Waals surface area contributed by atoms with Crippen LogP contribution in [0.4, 0.5) is 0 Å². The van der Waals surface area contributed by atoms with Crippen LogP contribution in [0.5, 0.6) is 0 Å². The van der Waals surface area contributed by atoms with Gasteiger partial charge in [-0.05, 0) is 26.3 Å². The van der Waals surface area contributed by atoms with Gasteiger partial charge >= 0.3 is 0 Å². The number of hydrogen-bond acceptors (Lipinski definition) is 3. The maximum Gasteiger partial charge on any atom is 0.174 e. The highest BCUT2D eigenvalue weighted by Crippen LogP contribution is 2.12. The summed E-state index contributed by atoms with van der Waals surface area (Å²) in [5, 5.41) is 1.96. The molecule has 1 aromatic rings. The Bertz CT molecular complexity index is 529. The van der Waals surface area contributed by atoms with Gasteiger partial charge in [-0.3, -0.25) is 15.4 Å². The summed E-state index contributed by atoms with van der Waals surface area (Å²) in [6.45, 7) is 10.9. The predicted octanol–water partition coefficient (Wildman–Crippen LogP) is 2.66. The lowest BCUT2D eigenvalue weighted by atomic mass is 10.1. The molecule has 0 aromatic heterocycles. The van der Waals surface area contributed by atoms with Gasteiger partial charge in [-0.25, -0.2) is 4.99 Å². The summed E-state index contributed by atoms with van der Waals surface area (Å²) >= 11 is 0. The first-order valence-corrected chi connectivity index (χ1v) is 6.45. The minimum atomic E-state index is 0.309. The average Bonchev–Trinajstić information content (AvgIpc) is 2.37. The van der Waals surface area contributed by atoms with Crippen molar-refractivity contribution in [3.05, 3.63) is 47.7 Å². The minimum Gasteiger partial charge on any atom is -0.287 e. The summed E-state index contributed by atoms with van der Waals surface area (Å²) in [7, 11) is 0. The monoisotopic (exact) mass is 256 g/mol. The van der Waals surface area contributed by atoms with Crippen molar-refractivity contribution in [1.29, 1.82) is 0 Å². The van der Waals surface area contributed by atoms with Crippen LogP contribution in [0.3, 0.4) is 0 Å². The first kappa shape index (κ1) is 13.3. The average molecular weight is 256 g/mol. The fourth-order valence-electron chi connectivity index (χ4n) is 1.98. The normalized spacial score (nSPS) is 17.2. The van der Waals surface area contributed by atoms with E-state index in [1.807, 2.05) is 11.1 Å². The van der Waals surface area contributed by atoms with Gasteiger partial charge in [0.2, 0.25) is 0 Å². The third-order valence-electron chi connectivity index (χ3n) is 2.94. The predicted molar refractivity (Wildman–Crippen MR) is 80.1 cm³/mol. The maximum atomic E-state index is 4.55. The largest absolute Gasteiger partial charge is 0.287 e. The lowest BCUT2D eigenvalue weighted by Crippen LogP contribution is -2.46. The number of benzene rings is 1. The maximum absolute atomic E-state index is 4.55. The Labute approximate surface area is 114 Å². The Kier molecular flexibility index (Phi) is 4.00. The van der Waals surface area contributed by atoms with Crippen molar-refractivity contribution in [2.45, 2.75) is 33.4 Å². The van der Waals surface area contributed by atoms with E-state index in [0.29, 0.717) is 18.4 Å². The lowest BCUT2D eigenvalue weighted by Gasteiger charge is -2.32. The summed E-state index contributed by atoms with van der Waals surface area (Å²) in [6, 6.07) is 8.65. The van der Waals surface area contributed by atoms with Crippen LogP contribution in [0.2, 0.25) is 0 Å². The van der Waals surface area contributed by atoms with Crippen molar-refractivity contribution in [3.63, 3.8) is 0 Å². The number of hydrazine groups is 1. The van der Waals surface area contributed by atoms with Crippen LogP contribution in [0.25, 0.3) is 0 Å². The molecule has 0 amide bonds. The molecular weight excluding hydrogens is 236 g/mol. The molecule has 2 rings (SSSR count). The number of aliphatic imine (C=N–C) groups is 2. The molecule has 0 aliphatic carbocycles. The molecule has 0 bridgehead atoms. The Morgan fingerprint density at radius 2 is 2.21 bits per heavy atom. The van der Waals surface area contributed by atoms with Gasteiger partial charge < -0.3 is 0 Å². The summed E-state index contributed by atoms with van der Waals surface area (Å²) < 4.78 is 0. The number of nitrogens with zero attached hydrogens (tertiary/aromatic N) is 3. The fourth-order valence-corrected chi connectivity index (χ4v) is 1.98. The quantitative estimate of drug-likeness (QED) is 0.903. The molecule has 1 aliphatic rings. The van der Waals surface area contributed by atoms with Gasteiger partial charge in [0.15, 0.2) is 5.84 Å². The molecule has 1 heterocycles. The zero-order valence-electron chi connectivity index (χ0n) is 11.7. The molecule has 0 fully saturated rings. The van der Waals surface area contributed by atoms with Crippen molar-refractivity contribution < 1.29 is 0 Å². The van der Waals surface area contributed by atoms with Gasteiger partial charge in [0.05, 0.1) is 12.2 Å². The Balaban J connectivity index is 2.13. The molecular formula is C15H20N4. The van der Waals surface area contributed by atoms with E-state index >= 15 is 0 Å². The molecule has 0 radical (unpaired) electrons. The second kappa shape index (κ2) is 5.69. The first-order chi connectivity index (χ1) is 9.08. The number of aryl methyl sites for hydroxylation is 1. The van der Waals surface area contributed by atoms with E-state index < -0.39 is 0 Å². The SMILES string of the molecule is C=C1C(=NCc2cccc(C)c2)N=CNN1C(C)C. The van der Waals surface area contributed by atoms with E-state index in [2.05, 4.69) is 61.0 Å². The zero-order chi connectivity index (χ0) is 13.8. The molecule has 0 atom stereocenters. The third kappa shape index (κ3) is 3.22. The van der Waals surface area contributed by atoms with Crippen LogP contribution >= 0.6 is 0 Å².